The number of fused-ring (bicyclic) bond motifs is 2. The van der Waals surface area contributed by atoms with E-state index in [9.17, 15) is 9.59 Å². The fourth-order valence-electron chi connectivity index (χ4n) is 5.64. The normalized spacial score (nSPS) is 15.4. The van der Waals surface area contributed by atoms with Crippen molar-refractivity contribution in [2.75, 3.05) is 44.9 Å². The molecule has 10 nitrogen and oxygen atoms in total. The van der Waals surface area contributed by atoms with Gasteiger partial charge in [0.1, 0.15) is 18.3 Å². The molecule has 4 aromatic rings. The first kappa shape index (κ1) is 26.5. The van der Waals surface area contributed by atoms with Gasteiger partial charge in [-0.3, -0.25) is 14.2 Å². The van der Waals surface area contributed by atoms with E-state index < -0.39 is 0 Å². The molecular weight excluding hydrogens is 518 g/mol. The summed E-state index contributed by atoms with van der Waals surface area (Å²) in [5.41, 5.74) is 11.1. The van der Waals surface area contributed by atoms with Crippen LogP contribution in [0, 0.1) is 13.8 Å². The van der Waals surface area contributed by atoms with Crippen LogP contribution in [-0.4, -0.2) is 71.0 Å². The van der Waals surface area contributed by atoms with Gasteiger partial charge < -0.3 is 20.3 Å². The zero-order valence-corrected chi connectivity index (χ0v) is 23.5. The molecule has 1 amide bonds. The van der Waals surface area contributed by atoms with Crippen LogP contribution in [0.5, 0.6) is 0 Å². The highest BCUT2D eigenvalue weighted by molar-refractivity contribution is 6.06. The van der Waals surface area contributed by atoms with Crippen molar-refractivity contribution in [2.24, 2.45) is 10.7 Å². The fourth-order valence-corrected chi connectivity index (χ4v) is 5.64. The van der Waals surface area contributed by atoms with Crippen LogP contribution in [0.25, 0.3) is 22.5 Å². The predicted molar refractivity (Wildman–Crippen MR) is 161 cm³/mol. The van der Waals surface area contributed by atoms with Crippen molar-refractivity contribution in [3.05, 3.63) is 93.0 Å². The summed E-state index contributed by atoms with van der Waals surface area (Å²) in [5, 5.41) is 6.48. The number of carbonyl (C=O) groups excluding carboxylic acids is 1. The van der Waals surface area contributed by atoms with E-state index in [1.807, 2.05) is 72.9 Å². The second-order valence-corrected chi connectivity index (χ2v) is 10.5. The number of aliphatic imine (C=N–C) groups is 1. The van der Waals surface area contributed by atoms with Crippen LogP contribution in [-0.2, 0) is 16.1 Å². The van der Waals surface area contributed by atoms with Gasteiger partial charge in [0.05, 0.1) is 42.1 Å². The zero-order valence-electron chi connectivity index (χ0n) is 23.5. The smallest absolute Gasteiger partial charge is 0.263 e. The maximum Gasteiger partial charge on any atom is 0.263 e. The zero-order chi connectivity index (χ0) is 28.7. The molecule has 0 atom stereocenters. The minimum atomic E-state index is -0.102. The number of ether oxygens (including phenoxy) is 1. The Balaban J connectivity index is 1.49. The number of benzene rings is 2. The van der Waals surface area contributed by atoms with Crippen molar-refractivity contribution in [3.63, 3.8) is 0 Å². The fraction of sp³-hybridized carbons (Fsp3) is 0.290. The maximum absolute atomic E-state index is 14.1. The van der Waals surface area contributed by atoms with Crippen LogP contribution in [0.3, 0.4) is 0 Å². The van der Waals surface area contributed by atoms with Gasteiger partial charge in [-0.2, -0.15) is 5.10 Å². The molecule has 210 valence electrons. The standard InChI is InChI=1S/C31H33N7O3/c1-20-7-4-5-10-25(20)38-23(17-22-9-6-8-21(2)27(22)31(38)40)18-37-30-28(29(32)33-19-35(30)3)24(34-37)11-12-26(39)36-13-15-41-16-14-36/h4-12,17H,13-16,18-19H2,1-3H3,(H2,32,33)/b12-11+. The lowest BCUT2D eigenvalue weighted by molar-refractivity contribution is -0.129. The lowest BCUT2D eigenvalue weighted by Gasteiger charge is -2.25. The number of aromatic nitrogens is 3. The molecular formula is C31H33N7O3. The van der Waals surface area contributed by atoms with Crippen molar-refractivity contribution in [2.45, 2.75) is 20.4 Å². The first-order valence-electron chi connectivity index (χ1n) is 13.7. The summed E-state index contributed by atoms with van der Waals surface area (Å²) in [6.45, 7) is 6.82. The number of hydrogen-bond acceptors (Lipinski definition) is 7. The molecule has 41 heavy (non-hydrogen) atoms. The van der Waals surface area contributed by atoms with E-state index in [1.54, 1.807) is 15.5 Å². The van der Waals surface area contributed by atoms with Gasteiger partial charge in [0.2, 0.25) is 5.91 Å². The van der Waals surface area contributed by atoms with Crippen molar-refractivity contribution in [3.8, 4) is 5.69 Å². The molecule has 2 N–H and O–H groups in total. The first-order chi connectivity index (χ1) is 19.8. The quantitative estimate of drug-likeness (QED) is 0.382. The van der Waals surface area contributed by atoms with Crippen molar-refractivity contribution < 1.29 is 9.53 Å². The van der Waals surface area contributed by atoms with Crippen molar-refractivity contribution in [1.82, 2.24) is 19.2 Å². The molecule has 2 aromatic carbocycles. The topological polar surface area (TPSA) is 111 Å². The molecule has 0 radical (unpaired) electrons. The molecule has 0 aliphatic carbocycles. The average molecular weight is 552 g/mol. The van der Waals surface area contributed by atoms with E-state index in [1.165, 1.54) is 6.08 Å². The minimum Gasteiger partial charge on any atom is -0.383 e. The summed E-state index contributed by atoms with van der Waals surface area (Å²) in [6, 6.07) is 15.8. The van der Waals surface area contributed by atoms with Gasteiger partial charge in [-0.15, -0.1) is 0 Å². The number of amides is 1. The van der Waals surface area contributed by atoms with Gasteiger partial charge in [0, 0.05) is 31.9 Å². The summed E-state index contributed by atoms with van der Waals surface area (Å²) in [6.07, 6.45) is 3.23. The van der Waals surface area contributed by atoms with E-state index >= 15 is 0 Å². The predicted octanol–water partition coefficient (Wildman–Crippen LogP) is 2.84. The first-order valence-corrected chi connectivity index (χ1v) is 13.7. The summed E-state index contributed by atoms with van der Waals surface area (Å²) < 4.78 is 9.00. The number of aryl methyl sites for hydroxylation is 2. The Bertz CT molecular complexity index is 1780. The number of amidine groups is 1. The third kappa shape index (κ3) is 4.80. The number of pyridine rings is 1. The highest BCUT2D eigenvalue weighted by atomic mass is 16.5. The van der Waals surface area contributed by atoms with E-state index in [-0.39, 0.29) is 11.5 Å². The van der Waals surface area contributed by atoms with Gasteiger partial charge in [-0.25, -0.2) is 9.67 Å². The molecule has 2 aromatic heterocycles. The van der Waals surface area contributed by atoms with E-state index in [0.29, 0.717) is 62.0 Å². The summed E-state index contributed by atoms with van der Waals surface area (Å²) in [5.74, 6) is 1.05. The molecule has 1 saturated heterocycles. The van der Waals surface area contributed by atoms with Gasteiger partial charge in [-0.05, 0) is 48.6 Å². The Kier molecular flexibility index (Phi) is 6.92. The van der Waals surface area contributed by atoms with Gasteiger partial charge in [0.25, 0.3) is 5.56 Å². The summed E-state index contributed by atoms with van der Waals surface area (Å²) >= 11 is 0. The Morgan fingerprint density at radius 2 is 1.83 bits per heavy atom. The molecule has 0 unspecified atom stereocenters. The number of para-hydroxylation sites is 1. The third-order valence-electron chi connectivity index (χ3n) is 7.73. The van der Waals surface area contributed by atoms with Gasteiger partial charge in [-0.1, -0.05) is 36.4 Å². The largest absolute Gasteiger partial charge is 0.383 e. The van der Waals surface area contributed by atoms with Gasteiger partial charge >= 0.3 is 0 Å². The van der Waals surface area contributed by atoms with Crippen LogP contribution in [0.2, 0.25) is 0 Å². The highest BCUT2D eigenvalue weighted by Gasteiger charge is 2.27. The van der Waals surface area contributed by atoms with E-state index in [0.717, 1.165) is 33.7 Å². The third-order valence-corrected chi connectivity index (χ3v) is 7.73. The molecule has 0 saturated carbocycles. The maximum atomic E-state index is 14.1. The Hall–Kier alpha value is -4.70. The Morgan fingerprint density at radius 3 is 2.61 bits per heavy atom. The molecule has 0 spiro atoms. The molecule has 2 aliphatic heterocycles. The molecule has 6 rings (SSSR count). The highest BCUT2D eigenvalue weighted by Crippen LogP contribution is 2.29. The number of nitrogens with two attached hydrogens (primary N) is 1. The average Bonchev–Trinajstić information content (AvgIpc) is 3.34. The number of anilines is 1. The van der Waals surface area contributed by atoms with Crippen molar-refractivity contribution >= 4 is 34.4 Å². The Labute approximate surface area is 237 Å². The molecule has 0 bridgehead atoms. The molecule has 1 fully saturated rings. The lowest BCUT2D eigenvalue weighted by Crippen LogP contribution is -2.39. The Morgan fingerprint density at radius 1 is 1.07 bits per heavy atom. The van der Waals surface area contributed by atoms with Crippen LogP contribution in [0.1, 0.15) is 28.1 Å². The number of morpholine rings is 1. The van der Waals surface area contributed by atoms with E-state index in [2.05, 4.69) is 11.1 Å². The monoisotopic (exact) mass is 551 g/mol. The second kappa shape index (κ2) is 10.7. The van der Waals surface area contributed by atoms with Crippen LogP contribution < -0.4 is 16.2 Å². The number of rotatable bonds is 5. The van der Waals surface area contributed by atoms with Crippen LogP contribution in [0.15, 0.2) is 64.4 Å². The SMILES string of the molecule is Cc1ccccc1-n1c(Cn2nc(/C=C/C(=O)N3CCOCC3)c3c2N(C)CN=C3N)cc2cccc(C)c2c1=O. The van der Waals surface area contributed by atoms with Crippen molar-refractivity contribution in [1.29, 1.82) is 0 Å². The van der Waals surface area contributed by atoms with Crippen LogP contribution in [0.4, 0.5) is 5.82 Å². The summed E-state index contributed by atoms with van der Waals surface area (Å²) in [7, 11) is 1.93. The number of nitrogens with zero attached hydrogens (tertiary/aromatic N) is 6. The lowest BCUT2D eigenvalue weighted by atomic mass is 10.1. The molecule has 2 aliphatic rings. The van der Waals surface area contributed by atoms with E-state index in [4.69, 9.17) is 15.6 Å². The van der Waals surface area contributed by atoms with Gasteiger partial charge in [0.15, 0.2) is 0 Å². The number of hydrogen-bond donors (Lipinski definition) is 1. The number of carbonyl (C=O) groups is 1. The minimum absolute atomic E-state index is 0.0726. The molecule has 4 heterocycles. The van der Waals surface area contributed by atoms with Crippen LogP contribution >= 0.6 is 0 Å². The second-order valence-electron chi connectivity index (χ2n) is 10.5. The molecule has 10 heteroatoms. The summed E-state index contributed by atoms with van der Waals surface area (Å²) in [4.78, 5) is 35.1.